The molecule has 8 rings (SSSR count). The summed E-state index contributed by atoms with van der Waals surface area (Å²) in [5.41, 5.74) is 9.17. The summed E-state index contributed by atoms with van der Waals surface area (Å²) in [7, 11) is 0. The molecule has 6 atom stereocenters. The van der Waals surface area contributed by atoms with E-state index in [0.717, 1.165) is 34.2 Å². The Kier molecular flexibility index (Phi) is 37.7. The van der Waals surface area contributed by atoms with Crippen molar-refractivity contribution in [3.63, 3.8) is 0 Å². The third-order valence-corrected chi connectivity index (χ3v) is 14.4. The molecule has 1 saturated heterocycles. The molecule has 3 amide bonds. The van der Waals surface area contributed by atoms with Gasteiger partial charge in [-0.25, -0.2) is 14.4 Å². The zero-order valence-electron chi connectivity index (χ0n) is 56.8. The minimum absolute atomic E-state index is 0. The summed E-state index contributed by atoms with van der Waals surface area (Å²) in [4.78, 5) is 63.8. The Labute approximate surface area is 576 Å². The molecule has 0 spiro atoms. The number of carbonyl (C=O) groups is 5. The minimum Gasteiger partial charge on any atom is -1.00 e. The van der Waals surface area contributed by atoms with Crippen molar-refractivity contribution in [2.24, 2.45) is 5.73 Å². The second-order valence-electron chi connectivity index (χ2n) is 24.4. The first-order chi connectivity index (χ1) is 42.5. The molecular formula is C77H99BrMgN4O9. The van der Waals surface area contributed by atoms with E-state index in [1.165, 1.54) is 25.5 Å². The van der Waals surface area contributed by atoms with Crippen molar-refractivity contribution < 1.29 is 60.3 Å². The number of nitrogens with two attached hydrogens (primary N) is 1. The average molecular weight is 1330 g/mol. The smallest absolute Gasteiger partial charge is 1.00 e. The summed E-state index contributed by atoms with van der Waals surface area (Å²) in [6, 6.07) is 71.6. The van der Waals surface area contributed by atoms with E-state index in [1.54, 1.807) is 21.6 Å². The van der Waals surface area contributed by atoms with Crippen molar-refractivity contribution in [1.29, 1.82) is 0 Å². The van der Waals surface area contributed by atoms with E-state index in [4.69, 9.17) is 19.9 Å². The van der Waals surface area contributed by atoms with Crippen LogP contribution in [0.15, 0.2) is 225 Å². The van der Waals surface area contributed by atoms with Crippen LogP contribution in [0, 0.1) is 6.07 Å². The molecule has 15 heteroatoms. The summed E-state index contributed by atoms with van der Waals surface area (Å²) in [5.74, 6) is 0.0776. The Bertz CT molecular complexity index is 3150. The predicted molar refractivity (Wildman–Crippen MR) is 369 cm³/mol. The van der Waals surface area contributed by atoms with Gasteiger partial charge in [-0.3, -0.25) is 9.59 Å². The van der Waals surface area contributed by atoms with Crippen molar-refractivity contribution in [2.45, 2.75) is 163 Å². The Morgan fingerprint density at radius 2 is 0.978 bits per heavy atom. The van der Waals surface area contributed by atoms with Gasteiger partial charge in [0.1, 0.15) is 22.6 Å². The fourth-order valence-corrected chi connectivity index (χ4v) is 8.99. The molecule has 0 aromatic heterocycles. The molecule has 1 heterocycles. The molecule has 3 N–H and O–H groups in total. The molecule has 2 unspecified atom stereocenters. The topological polar surface area (TPSA) is 169 Å². The normalized spacial score (nSPS) is 14.9. The quantitative estimate of drug-likeness (QED) is 0.0411. The van der Waals surface area contributed by atoms with Crippen molar-refractivity contribution >= 4 is 52.9 Å². The van der Waals surface area contributed by atoms with Crippen LogP contribution in [-0.2, 0) is 35.0 Å². The fourth-order valence-electron chi connectivity index (χ4n) is 8.99. The zero-order chi connectivity index (χ0) is 66.9. The molecule has 7 aromatic rings. The SMILES string of the molecule is C=CC(C)=O.CC(=O)CCN(C(=O)OC(C)(C)C)[C@@H](C)c1ccccc1.C[C@@H](c1ccccc1)N(CCC(C)(O)c1ccccc1)C(=O)OC(C)(C)C.C[C@@H](c1ccccc1)N1CCC(C)(c2ccccc2)OC1=O.C[C@H](N)c1ccccc1.[Br-].[Mg+2].[c-]1ccccc1. The molecule has 1 fully saturated rings. The van der Waals surface area contributed by atoms with Gasteiger partial charge in [0.15, 0.2) is 5.78 Å². The molecule has 0 saturated carbocycles. The number of nitrogens with zero attached hydrogens (tertiary/aromatic N) is 3. The number of amides is 3. The number of halogens is 1. The van der Waals surface area contributed by atoms with Crippen LogP contribution in [0.25, 0.3) is 0 Å². The van der Waals surface area contributed by atoms with Gasteiger partial charge in [0, 0.05) is 38.5 Å². The van der Waals surface area contributed by atoms with E-state index in [2.05, 4.69) is 12.6 Å². The van der Waals surface area contributed by atoms with Crippen molar-refractivity contribution in [3.8, 4) is 0 Å². The largest absolute Gasteiger partial charge is 2.00 e. The summed E-state index contributed by atoms with van der Waals surface area (Å²) in [6.45, 7) is 30.4. The summed E-state index contributed by atoms with van der Waals surface area (Å²) < 4.78 is 16.9. The Balaban J connectivity index is 0.000000595. The van der Waals surface area contributed by atoms with Crippen molar-refractivity contribution in [2.75, 3.05) is 19.6 Å². The van der Waals surface area contributed by atoms with Gasteiger partial charge in [0.2, 0.25) is 0 Å². The molecular weight excluding hydrogens is 1230 g/mol. The molecule has 0 aliphatic carbocycles. The van der Waals surface area contributed by atoms with E-state index in [1.807, 2.05) is 288 Å². The summed E-state index contributed by atoms with van der Waals surface area (Å²) in [5, 5.41) is 10.9. The van der Waals surface area contributed by atoms with E-state index in [0.29, 0.717) is 32.5 Å². The van der Waals surface area contributed by atoms with Crippen LogP contribution in [0.1, 0.15) is 174 Å². The maximum absolute atomic E-state index is 12.8. The molecule has 1 aliphatic heterocycles. The van der Waals surface area contributed by atoms with Gasteiger partial charge in [-0.2, -0.15) is 36.4 Å². The second-order valence-corrected chi connectivity index (χ2v) is 24.4. The maximum atomic E-state index is 12.8. The minimum atomic E-state index is -1.03. The first-order valence-corrected chi connectivity index (χ1v) is 30.8. The number of allylic oxidation sites excluding steroid dienone is 1. The zero-order valence-corrected chi connectivity index (χ0v) is 59.8. The van der Waals surface area contributed by atoms with E-state index in [9.17, 15) is 29.1 Å². The van der Waals surface area contributed by atoms with Crippen LogP contribution >= 0.6 is 0 Å². The second kappa shape index (κ2) is 42.0. The molecule has 13 nitrogen and oxygen atoms in total. The van der Waals surface area contributed by atoms with Gasteiger partial charge >= 0.3 is 41.3 Å². The van der Waals surface area contributed by atoms with Gasteiger partial charge in [-0.1, -0.05) is 189 Å². The van der Waals surface area contributed by atoms with Crippen LogP contribution in [0.3, 0.4) is 0 Å². The number of hydrogen-bond donors (Lipinski definition) is 2. The van der Waals surface area contributed by atoms with Gasteiger partial charge in [-0.15, -0.1) is 0 Å². The number of hydrogen-bond acceptors (Lipinski definition) is 10. The number of ether oxygens (including phenoxy) is 3. The van der Waals surface area contributed by atoms with Crippen molar-refractivity contribution in [1.82, 2.24) is 14.7 Å². The van der Waals surface area contributed by atoms with Gasteiger partial charge < -0.3 is 56.7 Å². The molecule has 0 radical (unpaired) electrons. The number of ketones is 2. The van der Waals surface area contributed by atoms with Crippen LogP contribution in [0.2, 0.25) is 0 Å². The fraction of sp³-hybridized carbons (Fsp3) is 0.364. The van der Waals surface area contributed by atoms with E-state index < -0.39 is 22.4 Å². The number of Topliss-reactive ketones (excluding diaryl/α,β-unsaturated/α-hetero) is 1. The summed E-state index contributed by atoms with van der Waals surface area (Å²) in [6.07, 6.45) is 1.81. The predicted octanol–water partition coefficient (Wildman–Crippen LogP) is 14.3. The third kappa shape index (κ3) is 31.3. The van der Waals surface area contributed by atoms with E-state index in [-0.39, 0.29) is 94.0 Å². The number of rotatable bonds is 16. The average Bonchev–Trinajstić information content (AvgIpc) is 0.830. The van der Waals surface area contributed by atoms with Gasteiger partial charge in [-0.05, 0) is 143 Å². The Morgan fingerprint density at radius 1 is 0.620 bits per heavy atom. The molecule has 490 valence electrons. The first-order valence-electron chi connectivity index (χ1n) is 30.8. The maximum Gasteiger partial charge on any atom is 2.00 e. The summed E-state index contributed by atoms with van der Waals surface area (Å²) >= 11 is 0. The van der Waals surface area contributed by atoms with Crippen LogP contribution in [0.4, 0.5) is 14.4 Å². The molecule has 92 heavy (non-hydrogen) atoms. The first kappa shape index (κ1) is 82.6. The number of cyclic esters (lactones) is 1. The number of benzene rings is 7. The van der Waals surface area contributed by atoms with Crippen LogP contribution < -0.4 is 22.7 Å². The monoisotopic (exact) mass is 1330 g/mol. The van der Waals surface area contributed by atoms with Crippen LogP contribution in [-0.4, -0.2) is 104 Å². The standard InChI is InChI=1S/C23H31NO3.C19H21NO2.C17H25NO3.C8H11N.C6H5.C4H6O.BrH.Mg/c1-18(19-12-8-6-9-13-19)24(21(25)27-22(2,3)4)17-16-23(5,26)20-14-10-7-11-15-20;1-15(16-9-5-3-6-10-16)20-14-13-19(2,22-18(20)21)17-11-7-4-8-12-17;1-13(19)11-12-18(16(20)21-17(3,4)5)14(2)15-9-7-6-8-10-15;1-7(9)8-5-3-2-4-6-8;1-2-4-6-5-3-1;1-3-4(2)5;;/h6-15,18,26H,16-17H2,1-5H3;3-12,15H,13-14H2,1-2H3;6-10,14H,11-12H2,1-5H3;2-7H,9H2,1H3;1-5H;3H,1H2,2H3;1H;/q;;;;-1;;;+2/p-1/t18-,23?;15-,19?;14-;7-;;;;/m0000..../s1. The molecule has 0 bridgehead atoms. The molecule has 1 aliphatic rings. The van der Waals surface area contributed by atoms with Crippen LogP contribution in [0.5, 0.6) is 0 Å². The molecule has 7 aromatic carbocycles. The number of carbonyl (C=O) groups excluding carboxylic acids is 5. The Hall–Kier alpha value is -7.40. The van der Waals surface area contributed by atoms with E-state index >= 15 is 0 Å². The van der Waals surface area contributed by atoms with Gasteiger partial charge in [0.25, 0.3) is 0 Å². The van der Waals surface area contributed by atoms with Gasteiger partial charge in [0.05, 0.1) is 23.7 Å². The number of aliphatic hydroxyl groups is 1. The third-order valence-electron chi connectivity index (χ3n) is 14.4. The Morgan fingerprint density at radius 3 is 1.30 bits per heavy atom. The van der Waals surface area contributed by atoms with Crippen molar-refractivity contribution in [3.05, 3.63) is 264 Å².